The van der Waals surface area contributed by atoms with Gasteiger partial charge < -0.3 is 10.1 Å². The van der Waals surface area contributed by atoms with E-state index < -0.39 is 15.9 Å². The SMILES string of the molecule is CCN(CC(=O)NCCOC)S(=O)(=O)c1cc(Cl)ccc1Cl. The molecule has 0 aliphatic heterocycles. The summed E-state index contributed by atoms with van der Waals surface area (Å²) in [5, 5.41) is 2.88. The molecule has 6 nitrogen and oxygen atoms in total. The Morgan fingerprint density at radius 2 is 2.05 bits per heavy atom. The zero-order chi connectivity index (χ0) is 16.8. The maximum absolute atomic E-state index is 12.6. The standard InChI is InChI=1S/C13H18Cl2N2O4S/c1-3-17(9-13(18)16-6-7-21-2)22(19,20)12-8-10(14)4-5-11(12)15/h4-5,8H,3,6-7,9H2,1-2H3,(H,16,18). The minimum atomic E-state index is -3.91. The van der Waals surface area contributed by atoms with Gasteiger partial charge in [0.2, 0.25) is 15.9 Å². The molecule has 22 heavy (non-hydrogen) atoms. The average molecular weight is 369 g/mol. The minimum Gasteiger partial charge on any atom is -0.383 e. The van der Waals surface area contributed by atoms with Crippen molar-refractivity contribution in [1.82, 2.24) is 9.62 Å². The quantitative estimate of drug-likeness (QED) is 0.709. The molecule has 0 saturated carbocycles. The zero-order valence-corrected chi connectivity index (χ0v) is 14.6. The van der Waals surface area contributed by atoms with E-state index in [-0.39, 0.29) is 28.0 Å². The summed E-state index contributed by atoms with van der Waals surface area (Å²) in [5.41, 5.74) is 0. The Bertz CT molecular complexity index is 622. The summed E-state index contributed by atoms with van der Waals surface area (Å²) in [7, 11) is -2.40. The lowest BCUT2D eigenvalue weighted by atomic mass is 10.4. The van der Waals surface area contributed by atoms with Crippen molar-refractivity contribution in [3.05, 3.63) is 28.2 Å². The summed E-state index contributed by atoms with van der Waals surface area (Å²) in [6.45, 7) is 2.13. The summed E-state index contributed by atoms with van der Waals surface area (Å²) in [6, 6.07) is 4.17. The zero-order valence-electron chi connectivity index (χ0n) is 12.3. The highest BCUT2D eigenvalue weighted by molar-refractivity contribution is 7.89. The lowest BCUT2D eigenvalue weighted by molar-refractivity contribution is -0.121. The number of methoxy groups -OCH3 is 1. The van der Waals surface area contributed by atoms with Gasteiger partial charge in [0.05, 0.1) is 18.2 Å². The monoisotopic (exact) mass is 368 g/mol. The molecule has 0 saturated heterocycles. The van der Waals surface area contributed by atoms with Gasteiger partial charge in [0.15, 0.2) is 0 Å². The van der Waals surface area contributed by atoms with E-state index in [9.17, 15) is 13.2 Å². The first-order valence-corrected chi connectivity index (χ1v) is 8.73. The summed E-state index contributed by atoms with van der Waals surface area (Å²) < 4.78 is 31.0. The lowest BCUT2D eigenvalue weighted by Gasteiger charge is -2.20. The van der Waals surface area contributed by atoms with Crippen LogP contribution in [0.25, 0.3) is 0 Å². The molecule has 0 aliphatic rings. The molecule has 0 aliphatic carbocycles. The van der Waals surface area contributed by atoms with Crippen LogP contribution in [-0.4, -0.2) is 52.0 Å². The Balaban J connectivity index is 2.93. The van der Waals surface area contributed by atoms with Crippen molar-refractivity contribution in [2.24, 2.45) is 0 Å². The largest absolute Gasteiger partial charge is 0.383 e. The van der Waals surface area contributed by atoms with E-state index in [0.29, 0.717) is 13.2 Å². The van der Waals surface area contributed by atoms with Crippen molar-refractivity contribution in [1.29, 1.82) is 0 Å². The molecule has 124 valence electrons. The van der Waals surface area contributed by atoms with E-state index in [1.165, 1.54) is 25.3 Å². The highest BCUT2D eigenvalue weighted by Crippen LogP contribution is 2.27. The number of hydrogen-bond acceptors (Lipinski definition) is 4. The van der Waals surface area contributed by atoms with Gasteiger partial charge in [-0.1, -0.05) is 30.1 Å². The van der Waals surface area contributed by atoms with Crippen LogP contribution in [0.1, 0.15) is 6.92 Å². The van der Waals surface area contributed by atoms with Crippen LogP contribution in [0.2, 0.25) is 10.0 Å². The molecule has 0 aromatic heterocycles. The third-order valence-corrected chi connectivity index (χ3v) is 5.45. The molecule has 0 heterocycles. The molecule has 1 aromatic rings. The van der Waals surface area contributed by atoms with Gasteiger partial charge in [-0.05, 0) is 18.2 Å². The fourth-order valence-electron chi connectivity index (χ4n) is 1.69. The number of nitrogens with one attached hydrogen (secondary N) is 1. The molecule has 0 spiro atoms. The van der Waals surface area contributed by atoms with Crippen molar-refractivity contribution in [2.45, 2.75) is 11.8 Å². The number of rotatable bonds is 8. The van der Waals surface area contributed by atoms with Crippen molar-refractivity contribution >= 4 is 39.1 Å². The first-order valence-electron chi connectivity index (χ1n) is 6.53. The molecular weight excluding hydrogens is 351 g/mol. The highest BCUT2D eigenvalue weighted by Gasteiger charge is 2.27. The molecule has 0 fully saturated rings. The van der Waals surface area contributed by atoms with Crippen molar-refractivity contribution in [3.8, 4) is 0 Å². The Labute approximate surface area is 140 Å². The van der Waals surface area contributed by atoms with E-state index >= 15 is 0 Å². The van der Waals surface area contributed by atoms with Gasteiger partial charge in [-0.25, -0.2) is 8.42 Å². The summed E-state index contributed by atoms with van der Waals surface area (Å²) in [6.07, 6.45) is 0. The van der Waals surface area contributed by atoms with Crippen LogP contribution in [0.15, 0.2) is 23.1 Å². The van der Waals surface area contributed by atoms with Crippen molar-refractivity contribution < 1.29 is 17.9 Å². The minimum absolute atomic E-state index is 0.0580. The number of carbonyl (C=O) groups is 1. The summed E-state index contributed by atoms with van der Waals surface area (Å²) in [4.78, 5) is 11.7. The van der Waals surface area contributed by atoms with Gasteiger partial charge in [0.1, 0.15) is 4.90 Å². The number of ether oxygens (including phenoxy) is 1. The van der Waals surface area contributed by atoms with Crippen molar-refractivity contribution in [3.63, 3.8) is 0 Å². The Morgan fingerprint density at radius 1 is 1.36 bits per heavy atom. The molecule has 0 bridgehead atoms. The van der Waals surface area contributed by atoms with Crippen LogP contribution < -0.4 is 5.32 Å². The van der Waals surface area contributed by atoms with E-state index in [2.05, 4.69) is 5.32 Å². The van der Waals surface area contributed by atoms with Gasteiger partial charge in [-0.15, -0.1) is 0 Å². The smallest absolute Gasteiger partial charge is 0.245 e. The van der Waals surface area contributed by atoms with Crippen molar-refractivity contribution in [2.75, 3.05) is 33.4 Å². The van der Waals surface area contributed by atoms with E-state index in [0.717, 1.165) is 4.31 Å². The third-order valence-electron chi connectivity index (χ3n) is 2.81. The van der Waals surface area contributed by atoms with Crippen LogP contribution in [0, 0.1) is 0 Å². The van der Waals surface area contributed by atoms with Gasteiger partial charge in [0, 0.05) is 25.2 Å². The Kier molecular flexibility index (Phi) is 7.58. The fraction of sp³-hybridized carbons (Fsp3) is 0.462. The van der Waals surface area contributed by atoms with Gasteiger partial charge in [-0.2, -0.15) is 4.31 Å². The predicted molar refractivity (Wildman–Crippen MR) is 85.8 cm³/mol. The second kappa shape index (κ2) is 8.69. The molecular formula is C13H18Cl2N2O4S. The fourth-order valence-corrected chi connectivity index (χ4v) is 3.83. The molecule has 0 atom stereocenters. The Hall–Kier alpha value is -0.860. The second-order valence-electron chi connectivity index (χ2n) is 4.35. The number of likely N-dealkylation sites (N-methyl/N-ethyl adjacent to an activating group) is 1. The number of hydrogen-bond donors (Lipinski definition) is 1. The topological polar surface area (TPSA) is 75.7 Å². The number of amides is 1. The Morgan fingerprint density at radius 3 is 2.64 bits per heavy atom. The molecule has 1 amide bonds. The van der Waals surface area contributed by atoms with Crippen LogP contribution >= 0.6 is 23.2 Å². The van der Waals surface area contributed by atoms with Crippen LogP contribution in [0.3, 0.4) is 0 Å². The number of nitrogens with zero attached hydrogens (tertiary/aromatic N) is 1. The first-order chi connectivity index (χ1) is 10.3. The maximum Gasteiger partial charge on any atom is 0.245 e. The molecule has 9 heteroatoms. The number of benzene rings is 1. The van der Waals surface area contributed by atoms with Crippen LogP contribution in [0.4, 0.5) is 0 Å². The van der Waals surface area contributed by atoms with E-state index in [1.807, 2.05) is 0 Å². The molecule has 0 unspecified atom stereocenters. The molecule has 0 radical (unpaired) electrons. The van der Waals surface area contributed by atoms with Gasteiger partial charge >= 0.3 is 0 Å². The number of carbonyl (C=O) groups excluding carboxylic acids is 1. The third kappa shape index (κ3) is 5.10. The maximum atomic E-state index is 12.6. The first kappa shape index (κ1) is 19.2. The van der Waals surface area contributed by atoms with Crippen LogP contribution in [0.5, 0.6) is 0 Å². The van der Waals surface area contributed by atoms with E-state index in [1.54, 1.807) is 6.92 Å². The summed E-state index contributed by atoms with van der Waals surface area (Å²) >= 11 is 11.8. The number of halogens is 2. The predicted octanol–water partition coefficient (Wildman–Crippen LogP) is 1.77. The normalized spacial score (nSPS) is 11.7. The molecule has 1 N–H and O–H groups in total. The second-order valence-corrected chi connectivity index (χ2v) is 7.10. The molecule has 1 rings (SSSR count). The average Bonchev–Trinajstić information content (AvgIpc) is 2.47. The van der Waals surface area contributed by atoms with Crippen LogP contribution in [-0.2, 0) is 19.6 Å². The lowest BCUT2D eigenvalue weighted by Crippen LogP contribution is -2.41. The number of sulfonamides is 1. The van der Waals surface area contributed by atoms with Gasteiger partial charge in [-0.3, -0.25) is 4.79 Å². The van der Waals surface area contributed by atoms with Gasteiger partial charge in [0.25, 0.3) is 0 Å². The summed E-state index contributed by atoms with van der Waals surface area (Å²) in [5.74, 6) is -0.416. The highest BCUT2D eigenvalue weighted by atomic mass is 35.5. The van der Waals surface area contributed by atoms with E-state index in [4.69, 9.17) is 27.9 Å². The molecule has 1 aromatic carbocycles.